The standard InChI is InChI=1S/C14H20ClN3O3S/c15-11-5-7-12(8-6-11)17-14(19)16-9-10-22(20,21)18-13-3-1-2-4-13/h5-8,13,18H,1-4,9-10H2,(H2,16,17,19). The van der Waals surface area contributed by atoms with E-state index in [9.17, 15) is 13.2 Å². The van der Waals surface area contributed by atoms with Gasteiger partial charge in [-0.2, -0.15) is 0 Å². The summed E-state index contributed by atoms with van der Waals surface area (Å²) < 4.78 is 26.4. The predicted molar refractivity (Wildman–Crippen MR) is 87.7 cm³/mol. The molecule has 0 spiro atoms. The Hall–Kier alpha value is -1.31. The molecule has 2 rings (SSSR count). The fourth-order valence-corrected chi connectivity index (χ4v) is 3.72. The average molecular weight is 346 g/mol. The molecule has 8 heteroatoms. The Morgan fingerprint density at radius 3 is 2.45 bits per heavy atom. The van der Waals surface area contributed by atoms with E-state index in [1.807, 2.05) is 0 Å². The molecule has 1 aromatic carbocycles. The Morgan fingerprint density at radius 2 is 1.82 bits per heavy atom. The molecule has 122 valence electrons. The van der Waals surface area contributed by atoms with Gasteiger partial charge >= 0.3 is 6.03 Å². The van der Waals surface area contributed by atoms with Crippen LogP contribution in [-0.4, -0.2) is 32.8 Å². The van der Waals surface area contributed by atoms with E-state index in [1.54, 1.807) is 24.3 Å². The van der Waals surface area contributed by atoms with E-state index in [1.165, 1.54) is 0 Å². The lowest BCUT2D eigenvalue weighted by Gasteiger charge is -2.13. The van der Waals surface area contributed by atoms with Gasteiger partial charge < -0.3 is 10.6 Å². The van der Waals surface area contributed by atoms with Crippen LogP contribution in [0.4, 0.5) is 10.5 Å². The molecule has 0 saturated heterocycles. The van der Waals surface area contributed by atoms with Crippen molar-refractivity contribution in [1.82, 2.24) is 10.0 Å². The zero-order valence-electron chi connectivity index (χ0n) is 12.1. The molecular weight excluding hydrogens is 326 g/mol. The molecule has 1 aromatic rings. The van der Waals surface area contributed by atoms with E-state index in [0.717, 1.165) is 25.7 Å². The number of hydrogen-bond acceptors (Lipinski definition) is 3. The first kappa shape index (κ1) is 17.1. The van der Waals surface area contributed by atoms with Crippen LogP contribution in [0.3, 0.4) is 0 Å². The molecule has 0 heterocycles. The first-order valence-corrected chi connectivity index (χ1v) is 9.28. The van der Waals surface area contributed by atoms with E-state index in [2.05, 4.69) is 15.4 Å². The Morgan fingerprint density at radius 1 is 1.18 bits per heavy atom. The van der Waals surface area contributed by atoms with E-state index < -0.39 is 16.1 Å². The van der Waals surface area contributed by atoms with Crippen molar-refractivity contribution < 1.29 is 13.2 Å². The second-order valence-corrected chi connectivity index (χ2v) is 7.62. The number of amides is 2. The summed E-state index contributed by atoms with van der Waals surface area (Å²) in [6, 6.07) is 6.26. The van der Waals surface area contributed by atoms with Gasteiger partial charge in [0.2, 0.25) is 10.0 Å². The zero-order chi connectivity index (χ0) is 16.0. The van der Waals surface area contributed by atoms with Crippen LogP contribution in [0, 0.1) is 0 Å². The summed E-state index contributed by atoms with van der Waals surface area (Å²) in [5.74, 6) is -0.127. The van der Waals surface area contributed by atoms with E-state index in [0.29, 0.717) is 10.7 Å². The fraction of sp³-hybridized carbons (Fsp3) is 0.500. The predicted octanol–water partition coefficient (Wildman–Crippen LogP) is 2.32. The zero-order valence-corrected chi connectivity index (χ0v) is 13.7. The minimum absolute atomic E-state index is 0.0490. The number of carbonyl (C=O) groups is 1. The number of urea groups is 1. The van der Waals surface area contributed by atoms with Gasteiger partial charge in [-0.3, -0.25) is 0 Å². The first-order valence-electron chi connectivity index (χ1n) is 7.25. The topological polar surface area (TPSA) is 87.3 Å². The van der Waals surface area contributed by atoms with Crippen molar-refractivity contribution in [2.75, 3.05) is 17.6 Å². The maximum absolute atomic E-state index is 11.9. The van der Waals surface area contributed by atoms with Gasteiger partial charge in [-0.25, -0.2) is 17.9 Å². The highest BCUT2D eigenvalue weighted by molar-refractivity contribution is 7.89. The molecule has 1 aliphatic carbocycles. The number of rotatable bonds is 6. The molecule has 1 saturated carbocycles. The van der Waals surface area contributed by atoms with Crippen LogP contribution in [0.15, 0.2) is 24.3 Å². The Bertz CT molecular complexity index is 598. The third-order valence-corrected chi connectivity index (χ3v) is 5.15. The number of nitrogens with one attached hydrogen (secondary N) is 3. The molecular formula is C14H20ClN3O3S. The number of benzene rings is 1. The van der Waals surface area contributed by atoms with Crippen molar-refractivity contribution in [3.05, 3.63) is 29.3 Å². The van der Waals surface area contributed by atoms with Crippen molar-refractivity contribution in [1.29, 1.82) is 0 Å². The molecule has 6 nitrogen and oxygen atoms in total. The quantitative estimate of drug-likeness (QED) is 0.739. The minimum atomic E-state index is -3.35. The second-order valence-electron chi connectivity index (χ2n) is 5.31. The molecule has 1 fully saturated rings. The number of hydrogen-bond donors (Lipinski definition) is 3. The van der Waals surface area contributed by atoms with Crippen LogP contribution < -0.4 is 15.4 Å². The normalized spacial score (nSPS) is 15.7. The summed E-state index contributed by atoms with van der Waals surface area (Å²) in [7, 11) is -3.35. The molecule has 0 radical (unpaired) electrons. The molecule has 1 aliphatic rings. The summed E-state index contributed by atoms with van der Waals surface area (Å²) in [5.41, 5.74) is 0.592. The van der Waals surface area contributed by atoms with E-state index in [-0.39, 0.29) is 18.3 Å². The summed E-state index contributed by atoms with van der Waals surface area (Å²) in [4.78, 5) is 11.7. The average Bonchev–Trinajstić information content (AvgIpc) is 2.93. The number of carbonyl (C=O) groups excluding carboxylic acids is 1. The molecule has 3 N–H and O–H groups in total. The minimum Gasteiger partial charge on any atom is -0.337 e. The Kier molecular flexibility index (Phi) is 6.05. The summed E-state index contributed by atoms with van der Waals surface area (Å²) >= 11 is 5.75. The maximum atomic E-state index is 11.9. The molecule has 0 unspecified atom stereocenters. The summed E-state index contributed by atoms with van der Waals surface area (Å²) in [6.07, 6.45) is 3.91. The van der Waals surface area contributed by atoms with Crippen LogP contribution in [0.5, 0.6) is 0 Å². The largest absolute Gasteiger partial charge is 0.337 e. The van der Waals surface area contributed by atoms with Gasteiger partial charge in [0, 0.05) is 23.3 Å². The lowest BCUT2D eigenvalue weighted by Crippen LogP contribution is -2.39. The van der Waals surface area contributed by atoms with Gasteiger partial charge in [0.25, 0.3) is 0 Å². The van der Waals surface area contributed by atoms with Gasteiger partial charge in [-0.05, 0) is 37.1 Å². The van der Waals surface area contributed by atoms with Gasteiger partial charge in [-0.15, -0.1) is 0 Å². The van der Waals surface area contributed by atoms with Crippen molar-refractivity contribution in [2.24, 2.45) is 0 Å². The Balaban J connectivity index is 1.70. The van der Waals surface area contributed by atoms with E-state index >= 15 is 0 Å². The summed E-state index contributed by atoms with van der Waals surface area (Å²) in [6.45, 7) is 0.0570. The number of anilines is 1. The molecule has 0 aliphatic heterocycles. The fourth-order valence-electron chi connectivity index (χ4n) is 2.36. The number of halogens is 1. The second kappa shape index (κ2) is 7.80. The molecule has 0 atom stereocenters. The van der Waals surface area contributed by atoms with Crippen molar-refractivity contribution >= 4 is 33.3 Å². The highest BCUT2D eigenvalue weighted by Gasteiger charge is 2.21. The SMILES string of the molecule is O=C(NCCS(=O)(=O)NC1CCCC1)Nc1ccc(Cl)cc1. The van der Waals surface area contributed by atoms with Crippen molar-refractivity contribution in [2.45, 2.75) is 31.7 Å². The molecule has 22 heavy (non-hydrogen) atoms. The van der Waals surface area contributed by atoms with Crippen molar-refractivity contribution in [3.63, 3.8) is 0 Å². The third kappa shape index (κ3) is 5.82. The first-order chi connectivity index (χ1) is 10.4. The van der Waals surface area contributed by atoms with Crippen LogP contribution in [-0.2, 0) is 10.0 Å². The van der Waals surface area contributed by atoms with Gasteiger partial charge in [0.05, 0.1) is 5.75 Å². The third-order valence-electron chi connectivity index (χ3n) is 3.46. The smallest absolute Gasteiger partial charge is 0.319 e. The van der Waals surface area contributed by atoms with Crippen LogP contribution in [0.25, 0.3) is 0 Å². The lowest BCUT2D eigenvalue weighted by molar-refractivity contribution is 0.252. The summed E-state index contributed by atoms with van der Waals surface area (Å²) in [5, 5.41) is 5.71. The van der Waals surface area contributed by atoms with Crippen LogP contribution in [0.1, 0.15) is 25.7 Å². The Labute approximate surface area is 135 Å². The van der Waals surface area contributed by atoms with Crippen LogP contribution >= 0.6 is 11.6 Å². The highest BCUT2D eigenvalue weighted by atomic mass is 35.5. The monoisotopic (exact) mass is 345 g/mol. The maximum Gasteiger partial charge on any atom is 0.319 e. The van der Waals surface area contributed by atoms with Gasteiger partial charge in [0.1, 0.15) is 0 Å². The highest BCUT2D eigenvalue weighted by Crippen LogP contribution is 2.18. The van der Waals surface area contributed by atoms with Crippen molar-refractivity contribution in [3.8, 4) is 0 Å². The molecule has 0 bridgehead atoms. The van der Waals surface area contributed by atoms with Crippen LogP contribution in [0.2, 0.25) is 5.02 Å². The van der Waals surface area contributed by atoms with Gasteiger partial charge in [0.15, 0.2) is 0 Å². The van der Waals surface area contributed by atoms with Gasteiger partial charge in [-0.1, -0.05) is 24.4 Å². The number of sulfonamides is 1. The van der Waals surface area contributed by atoms with E-state index in [4.69, 9.17) is 11.6 Å². The molecule has 2 amide bonds. The lowest BCUT2D eigenvalue weighted by atomic mass is 10.3. The molecule has 0 aromatic heterocycles.